The Kier molecular flexibility index (Phi) is 11.0. The number of benzene rings is 1. The van der Waals surface area contributed by atoms with E-state index in [0.29, 0.717) is 32.5 Å². The van der Waals surface area contributed by atoms with Crippen LogP contribution in [0.1, 0.15) is 30.9 Å². The van der Waals surface area contributed by atoms with Crippen LogP contribution in [0.2, 0.25) is 0 Å². The van der Waals surface area contributed by atoms with Crippen LogP contribution in [0.3, 0.4) is 0 Å². The van der Waals surface area contributed by atoms with E-state index < -0.39 is 24.1 Å². The fraction of sp³-hybridized carbons (Fsp3) is 0.385. The topological polar surface area (TPSA) is 153 Å². The fourth-order valence-electron chi connectivity index (χ4n) is 3.80. The van der Waals surface area contributed by atoms with E-state index in [9.17, 15) is 14.4 Å². The first kappa shape index (κ1) is 28.9. The van der Waals surface area contributed by atoms with E-state index in [1.165, 1.54) is 11.1 Å². The van der Waals surface area contributed by atoms with E-state index in [1.54, 1.807) is 0 Å². The van der Waals surface area contributed by atoms with E-state index in [4.69, 9.17) is 5.41 Å². The number of hydrogen-bond acceptors (Lipinski definition) is 4. The Morgan fingerprint density at radius 2 is 1.36 bits per heavy atom. The summed E-state index contributed by atoms with van der Waals surface area (Å²) in [5, 5.41) is 19.3. The number of carbonyl (C=O) groups is 3. The molecule has 0 unspecified atom stereocenters. The van der Waals surface area contributed by atoms with Crippen molar-refractivity contribution < 1.29 is 23.5 Å². The number of imide groups is 1. The van der Waals surface area contributed by atoms with Crippen LogP contribution in [-0.4, -0.2) is 46.3 Å². The first-order valence-electron chi connectivity index (χ1n) is 12.9. The highest BCUT2D eigenvalue weighted by Gasteiger charge is 2.11. The second-order valence-corrected chi connectivity index (χ2v) is 9.11. The average molecular weight is 539 g/mol. The number of rotatable bonds is 11. The quantitative estimate of drug-likeness (QED) is 0.0924. The Morgan fingerprint density at radius 1 is 0.795 bits per heavy atom. The lowest BCUT2D eigenvalue weighted by atomic mass is 10.1. The minimum Gasteiger partial charge on any atom is -0.338 e. The summed E-state index contributed by atoms with van der Waals surface area (Å²) in [5.74, 6) is -0.545. The number of urea groups is 3. The zero-order chi connectivity index (χ0) is 28.0. The monoisotopic (exact) mass is 538 g/mol. The Labute approximate surface area is 227 Å². The zero-order valence-electron chi connectivity index (χ0n) is 22.4. The second-order valence-electron chi connectivity index (χ2n) is 9.11. The maximum absolute atomic E-state index is 12.0. The van der Waals surface area contributed by atoms with Crippen molar-refractivity contribution in [3.05, 3.63) is 72.8 Å². The largest absolute Gasteiger partial charge is 0.338 e. The first-order valence-corrected chi connectivity index (χ1v) is 12.9. The minimum absolute atomic E-state index is 0.370. The van der Waals surface area contributed by atoms with Gasteiger partial charge in [-0.2, -0.15) is 0 Å². The van der Waals surface area contributed by atoms with Crippen molar-refractivity contribution in [1.29, 1.82) is 5.41 Å². The van der Waals surface area contributed by atoms with Crippen molar-refractivity contribution in [2.45, 2.75) is 45.8 Å². The molecule has 13 heteroatoms. The molecular weight excluding hydrogens is 500 g/mol. The van der Waals surface area contributed by atoms with Gasteiger partial charge in [0, 0.05) is 25.9 Å². The molecule has 6 amide bonds. The highest BCUT2D eigenvalue weighted by molar-refractivity contribution is 6.05. The molecule has 0 saturated carbocycles. The van der Waals surface area contributed by atoms with E-state index >= 15 is 0 Å². The molecule has 0 aliphatic heterocycles. The zero-order valence-corrected chi connectivity index (χ0v) is 22.4. The van der Waals surface area contributed by atoms with Gasteiger partial charge in [0.1, 0.15) is 31.3 Å². The molecule has 3 aromatic rings. The average Bonchev–Trinajstić information content (AvgIpc) is 3.53. The van der Waals surface area contributed by atoms with Gasteiger partial charge in [0.15, 0.2) is 0 Å². The number of nitrogens with zero attached hydrogens (tertiary/aromatic N) is 4. The molecule has 0 radical (unpaired) electrons. The molecule has 2 aromatic heterocycles. The number of imidazole rings is 2. The van der Waals surface area contributed by atoms with Crippen molar-refractivity contribution in [2.24, 2.45) is 7.05 Å². The molecule has 0 aliphatic rings. The predicted octanol–water partition coefficient (Wildman–Crippen LogP) is 0.735. The Balaban J connectivity index is 1.23. The molecule has 0 bridgehead atoms. The van der Waals surface area contributed by atoms with Gasteiger partial charge >= 0.3 is 18.1 Å². The maximum atomic E-state index is 12.0. The number of aromatic nitrogens is 4. The molecule has 13 nitrogen and oxygen atoms in total. The van der Waals surface area contributed by atoms with Gasteiger partial charge in [0.2, 0.25) is 18.6 Å². The van der Waals surface area contributed by atoms with Gasteiger partial charge in [-0.05, 0) is 17.5 Å². The Bertz CT molecular complexity index is 1250. The molecular formula is C26H38N10O3+2. The molecule has 2 heterocycles. The standard InChI is InChI=1S/C26H36N10O3/c1-3-21-6-8-22(9-7-21)18-36-17-16-35(20-36)13-5-10-28-24(37)30-23(27)31-26(39)32-25(38)29-11-4-12-34-15-14-33(2)19-34/h6-9,14-17,19-20H,3-5,10-13,18H2,1-2H3,(H4-2,27,28,29,30,31,32,37,38,39)/p+2. The minimum atomic E-state index is -0.919. The number of hydrogen-bond donors (Lipinski definition) is 6. The number of aryl methyl sites for hydroxylation is 4. The van der Waals surface area contributed by atoms with Crippen molar-refractivity contribution in [3.8, 4) is 0 Å². The van der Waals surface area contributed by atoms with Crippen LogP contribution in [-0.2, 0) is 33.1 Å². The molecule has 0 aliphatic carbocycles. The van der Waals surface area contributed by atoms with Crippen molar-refractivity contribution in [1.82, 2.24) is 35.7 Å². The van der Waals surface area contributed by atoms with E-state index in [-0.39, 0.29) is 0 Å². The van der Waals surface area contributed by atoms with E-state index in [1.807, 2.05) is 58.2 Å². The van der Waals surface area contributed by atoms with Gasteiger partial charge in [-0.1, -0.05) is 31.2 Å². The van der Waals surface area contributed by atoms with Gasteiger partial charge in [0.25, 0.3) is 0 Å². The highest BCUT2D eigenvalue weighted by atomic mass is 16.2. The summed E-state index contributed by atoms with van der Waals surface area (Å²) in [6.07, 6.45) is 14.2. The molecule has 0 fully saturated rings. The summed E-state index contributed by atoms with van der Waals surface area (Å²) in [7, 11) is 1.92. The third-order valence-corrected chi connectivity index (χ3v) is 5.83. The van der Waals surface area contributed by atoms with Crippen LogP contribution in [0.25, 0.3) is 0 Å². The molecule has 0 spiro atoms. The van der Waals surface area contributed by atoms with Crippen molar-refractivity contribution in [2.75, 3.05) is 13.1 Å². The molecule has 39 heavy (non-hydrogen) atoms. The van der Waals surface area contributed by atoms with Crippen molar-refractivity contribution >= 4 is 24.1 Å². The molecule has 0 saturated heterocycles. The lowest BCUT2D eigenvalue weighted by Gasteiger charge is -2.10. The molecule has 3 rings (SSSR count). The van der Waals surface area contributed by atoms with Crippen LogP contribution in [0, 0.1) is 5.41 Å². The lowest BCUT2D eigenvalue weighted by Crippen LogP contribution is -2.52. The summed E-state index contributed by atoms with van der Waals surface area (Å²) in [5.41, 5.74) is 2.55. The van der Waals surface area contributed by atoms with E-state index in [2.05, 4.69) is 62.3 Å². The summed E-state index contributed by atoms with van der Waals surface area (Å²) >= 11 is 0. The Hall–Kier alpha value is -4.68. The summed E-state index contributed by atoms with van der Waals surface area (Å²) in [4.78, 5) is 35.7. The van der Waals surface area contributed by atoms with Gasteiger partial charge in [-0.15, -0.1) is 0 Å². The second kappa shape index (κ2) is 14.9. The van der Waals surface area contributed by atoms with Crippen LogP contribution in [0.15, 0.2) is 61.7 Å². The van der Waals surface area contributed by atoms with Gasteiger partial charge in [-0.3, -0.25) is 21.4 Å². The first-order chi connectivity index (χ1) is 18.8. The number of amides is 6. The molecule has 0 atom stereocenters. The summed E-state index contributed by atoms with van der Waals surface area (Å²) in [6, 6.07) is 6.35. The number of carbonyl (C=O) groups excluding carboxylic acids is 3. The lowest BCUT2D eigenvalue weighted by molar-refractivity contribution is -0.687. The molecule has 1 aromatic carbocycles. The predicted molar refractivity (Wildman–Crippen MR) is 144 cm³/mol. The maximum Gasteiger partial charge on any atom is 0.329 e. The van der Waals surface area contributed by atoms with E-state index in [0.717, 1.165) is 19.5 Å². The van der Waals surface area contributed by atoms with Gasteiger partial charge in [-0.25, -0.2) is 32.7 Å². The van der Waals surface area contributed by atoms with Crippen LogP contribution in [0.5, 0.6) is 0 Å². The van der Waals surface area contributed by atoms with Crippen LogP contribution < -0.4 is 35.7 Å². The van der Waals surface area contributed by atoms with Crippen LogP contribution >= 0.6 is 0 Å². The third-order valence-electron chi connectivity index (χ3n) is 5.83. The third kappa shape index (κ3) is 10.7. The summed E-state index contributed by atoms with van der Waals surface area (Å²) in [6.45, 7) is 5.10. The van der Waals surface area contributed by atoms with Gasteiger partial charge < -0.3 is 10.6 Å². The number of guanidine groups is 1. The molecule has 6 N–H and O–H groups in total. The molecule has 208 valence electrons. The van der Waals surface area contributed by atoms with Gasteiger partial charge in [0.05, 0.1) is 20.1 Å². The Morgan fingerprint density at radius 3 is 1.97 bits per heavy atom. The van der Waals surface area contributed by atoms with Crippen molar-refractivity contribution in [3.63, 3.8) is 0 Å². The normalized spacial score (nSPS) is 10.5. The fourth-order valence-corrected chi connectivity index (χ4v) is 3.80. The number of nitrogens with one attached hydrogen (secondary N) is 6. The smallest absolute Gasteiger partial charge is 0.329 e. The SMILES string of the molecule is CCc1ccc(C[n+]2ccn(CCCNC(=O)NC(=N)NC(=O)NC(=O)NCCCn3cc[n+](C)c3)c2)cc1. The summed E-state index contributed by atoms with van der Waals surface area (Å²) < 4.78 is 8.04. The van der Waals surface area contributed by atoms with Crippen LogP contribution in [0.4, 0.5) is 14.4 Å². The highest BCUT2D eigenvalue weighted by Crippen LogP contribution is 2.04.